The first kappa shape index (κ1) is 15.0. The molecular weight excluding hydrogens is 300 g/mol. The highest BCUT2D eigenvalue weighted by atomic mass is 32.1. The summed E-state index contributed by atoms with van der Waals surface area (Å²) in [4.78, 5) is 26.9. The van der Waals surface area contributed by atoms with Gasteiger partial charge in [-0.1, -0.05) is 6.92 Å². The van der Waals surface area contributed by atoms with E-state index in [1.54, 1.807) is 22.6 Å². The number of hydrogen-bond acceptors (Lipinski definition) is 6. The first-order chi connectivity index (χ1) is 10.7. The number of fused-ring (bicyclic) bond motifs is 1. The summed E-state index contributed by atoms with van der Waals surface area (Å²) in [6.45, 7) is 7.25. The number of hydrogen-bond donors (Lipinski definition) is 0. The van der Waals surface area contributed by atoms with Crippen molar-refractivity contribution in [1.29, 1.82) is 0 Å². The fraction of sp³-hybridized carbons (Fsp3) is 0.533. The zero-order chi connectivity index (χ0) is 15.5. The van der Waals surface area contributed by atoms with E-state index in [0.717, 1.165) is 35.5 Å². The van der Waals surface area contributed by atoms with Crippen LogP contribution in [0.15, 0.2) is 12.4 Å². The monoisotopic (exact) mass is 320 g/mol. The van der Waals surface area contributed by atoms with E-state index >= 15 is 0 Å². The second kappa shape index (κ2) is 6.48. The van der Waals surface area contributed by atoms with E-state index in [4.69, 9.17) is 4.74 Å². The quantitative estimate of drug-likeness (QED) is 0.870. The van der Waals surface area contributed by atoms with Crippen molar-refractivity contribution in [3.8, 4) is 0 Å². The van der Waals surface area contributed by atoms with Crippen LogP contribution in [0, 0.1) is 0 Å². The molecule has 0 aliphatic carbocycles. The summed E-state index contributed by atoms with van der Waals surface area (Å²) in [6, 6.07) is 2.19. The van der Waals surface area contributed by atoms with Crippen molar-refractivity contribution in [2.45, 2.75) is 20.3 Å². The number of nitrogens with zero attached hydrogens (tertiary/aromatic N) is 4. The molecule has 1 fully saturated rings. The second-order valence-corrected chi connectivity index (χ2v) is 6.27. The van der Waals surface area contributed by atoms with Gasteiger partial charge in [-0.15, -0.1) is 11.3 Å². The number of ether oxygens (including phenoxy) is 1. The number of anilines is 1. The van der Waals surface area contributed by atoms with Crippen molar-refractivity contribution in [2.75, 3.05) is 37.7 Å². The average molecular weight is 320 g/mol. The summed E-state index contributed by atoms with van der Waals surface area (Å²) in [6.07, 6.45) is 2.42. The normalized spacial score (nSPS) is 15.4. The molecule has 1 aliphatic heterocycles. The van der Waals surface area contributed by atoms with Gasteiger partial charge in [0.15, 0.2) is 0 Å². The van der Waals surface area contributed by atoms with Gasteiger partial charge in [0.25, 0.3) is 0 Å². The van der Waals surface area contributed by atoms with Crippen molar-refractivity contribution in [3.05, 3.63) is 17.3 Å². The fourth-order valence-electron chi connectivity index (χ4n) is 2.63. The van der Waals surface area contributed by atoms with Gasteiger partial charge < -0.3 is 14.5 Å². The lowest BCUT2D eigenvalue weighted by atomic mass is 10.2. The minimum atomic E-state index is -0.223. The largest absolute Gasteiger partial charge is 0.450 e. The maximum Gasteiger partial charge on any atom is 0.409 e. The summed E-state index contributed by atoms with van der Waals surface area (Å²) in [5.41, 5.74) is 0. The average Bonchev–Trinajstić information content (AvgIpc) is 2.98. The van der Waals surface area contributed by atoms with Crippen LogP contribution in [0.25, 0.3) is 10.2 Å². The van der Waals surface area contributed by atoms with Crippen LogP contribution < -0.4 is 4.90 Å². The first-order valence-electron chi connectivity index (χ1n) is 7.63. The van der Waals surface area contributed by atoms with Crippen LogP contribution in [0.2, 0.25) is 0 Å². The topological polar surface area (TPSA) is 58.6 Å². The predicted octanol–water partition coefficient (Wildman–Crippen LogP) is 2.53. The summed E-state index contributed by atoms with van der Waals surface area (Å²) in [5.74, 6) is 0.976. The Labute approximate surface area is 133 Å². The van der Waals surface area contributed by atoms with Crippen LogP contribution in [0.4, 0.5) is 10.6 Å². The van der Waals surface area contributed by atoms with Gasteiger partial charge in [-0.2, -0.15) is 0 Å². The van der Waals surface area contributed by atoms with Gasteiger partial charge in [-0.05, 0) is 19.4 Å². The highest BCUT2D eigenvalue weighted by Crippen LogP contribution is 2.30. The fourth-order valence-corrected chi connectivity index (χ4v) is 3.56. The van der Waals surface area contributed by atoms with E-state index in [-0.39, 0.29) is 6.09 Å². The highest BCUT2D eigenvalue weighted by Gasteiger charge is 2.24. The lowest BCUT2D eigenvalue weighted by molar-refractivity contribution is 0.105. The zero-order valence-corrected chi connectivity index (χ0v) is 13.7. The molecule has 3 rings (SSSR count). The van der Waals surface area contributed by atoms with E-state index in [0.29, 0.717) is 19.7 Å². The molecule has 0 spiro atoms. The Kier molecular flexibility index (Phi) is 4.42. The molecule has 118 valence electrons. The Hall–Kier alpha value is -1.89. The Bertz CT molecular complexity index is 665. The number of aryl methyl sites for hydroxylation is 1. The third-order valence-electron chi connectivity index (χ3n) is 3.81. The number of carbonyl (C=O) groups is 1. The minimum Gasteiger partial charge on any atom is -0.450 e. The molecule has 6 nitrogen and oxygen atoms in total. The Morgan fingerprint density at radius 3 is 2.73 bits per heavy atom. The van der Waals surface area contributed by atoms with Crippen LogP contribution in [0.3, 0.4) is 0 Å². The smallest absolute Gasteiger partial charge is 0.409 e. The Morgan fingerprint density at radius 1 is 1.27 bits per heavy atom. The number of aromatic nitrogens is 2. The van der Waals surface area contributed by atoms with E-state index in [2.05, 4.69) is 27.9 Å². The van der Waals surface area contributed by atoms with Crippen molar-refractivity contribution in [1.82, 2.24) is 14.9 Å². The van der Waals surface area contributed by atoms with Gasteiger partial charge in [0, 0.05) is 31.1 Å². The van der Waals surface area contributed by atoms with Crippen LogP contribution >= 0.6 is 11.3 Å². The zero-order valence-electron chi connectivity index (χ0n) is 12.9. The number of carbonyl (C=O) groups excluding carboxylic acids is 1. The van der Waals surface area contributed by atoms with Crippen molar-refractivity contribution < 1.29 is 9.53 Å². The van der Waals surface area contributed by atoms with Gasteiger partial charge in [-0.25, -0.2) is 14.8 Å². The molecule has 0 radical (unpaired) electrons. The summed E-state index contributed by atoms with van der Waals surface area (Å²) in [5, 5.41) is 1.12. The summed E-state index contributed by atoms with van der Waals surface area (Å²) in [7, 11) is 0. The molecule has 0 bridgehead atoms. The lowest BCUT2D eigenvalue weighted by Crippen LogP contribution is -2.49. The maximum absolute atomic E-state index is 11.8. The van der Waals surface area contributed by atoms with Crippen molar-refractivity contribution in [2.24, 2.45) is 0 Å². The maximum atomic E-state index is 11.8. The van der Waals surface area contributed by atoms with Gasteiger partial charge in [-0.3, -0.25) is 0 Å². The predicted molar refractivity (Wildman–Crippen MR) is 87.6 cm³/mol. The number of thiophene rings is 1. The van der Waals surface area contributed by atoms with Crippen molar-refractivity contribution in [3.63, 3.8) is 0 Å². The molecule has 22 heavy (non-hydrogen) atoms. The van der Waals surface area contributed by atoms with E-state index < -0.39 is 0 Å². The van der Waals surface area contributed by atoms with Crippen molar-refractivity contribution >= 4 is 33.5 Å². The molecule has 0 unspecified atom stereocenters. The minimum absolute atomic E-state index is 0.223. The Morgan fingerprint density at radius 2 is 2.05 bits per heavy atom. The van der Waals surface area contributed by atoms with Crippen LogP contribution in [-0.2, 0) is 11.2 Å². The lowest BCUT2D eigenvalue weighted by Gasteiger charge is -2.34. The molecule has 2 aromatic rings. The van der Waals surface area contributed by atoms with Gasteiger partial charge >= 0.3 is 6.09 Å². The molecule has 0 aromatic carbocycles. The molecule has 0 atom stereocenters. The molecular formula is C15H20N4O2S. The van der Waals surface area contributed by atoms with E-state index in [9.17, 15) is 4.79 Å². The third-order valence-corrected chi connectivity index (χ3v) is 5.00. The molecule has 1 amide bonds. The number of piperazine rings is 1. The Balaban J connectivity index is 1.76. The van der Waals surface area contributed by atoms with Crippen LogP contribution in [0.5, 0.6) is 0 Å². The molecule has 7 heteroatoms. The van der Waals surface area contributed by atoms with E-state index in [1.165, 1.54) is 4.88 Å². The summed E-state index contributed by atoms with van der Waals surface area (Å²) >= 11 is 1.73. The van der Waals surface area contributed by atoms with Gasteiger partial charge in [0.1, 0.15) is 17.0 Å². The standard InChI is InChI=1S/C15H20N4O2S/c1-3-11-9-12-13(16-10-17-14(12)22-11)18-5-7-19(8-6-18)15(20)21-4-2/h9-10H,3-8H2,1-2H3. The van der Waals surface area contributed by atoms with Crippen LogP contribution in [0.1, 0.15) is 18.7 Å². The third kappa shape index (κ3) is 2.85. The molecule has 1 aliphatic rings. The molecule has 0 N–H and O–H groups in total. The van der Waals surface area contributed by atoms with Crippen LogP contribution in [-0.4, -0.2) is 53.7 Å². The first-order valence-corrected chi connectivity index (χ1v) is 8.44. The highest BCUT2D eigenvalue weighted by molar-refractivity contribution is 7.18. The van der Waals surface area contributed by atoms with Gasteiger partial charge in [0.2, 0.25) is 0 Å². The number of amides is 1. The van der Waals surface area contributed by atoms with Gasteiger partial charge in [0.05, 0.1) is 12.0 Å². The molecule has 1 saturated heterocycles. The van der Waals surface area contributed by atoms with E-state index in [1.807, 2.05) is 6.92 Å². The molecule has 3 heterocycles. The molecule has 2 aromatic heterocycles. The summed E-state index contributed by atoms with van der Waals surface area (Å²) < 4.78 is 5.05. The second-order valence-electron chi connectivity index (χ2n) is 5.16. The number of rotatable bonds is 3. The SMILES string of the molecule is CCOC(=O)N1CCN(c2ncnc3sc(CC)cc23)CC1. The molecule has 0 saturated carbocycles.